The standard InChI is InChI=1S/C20H20N4O2S/c25-19(14-27-18-8-4-5-9-21-18)23-10-11-24-16(13-23)12-17(22-24)20(26)15-6-2-1-3-7-15/h1-9,12,20,26H,10-11,13-14H2. The Morgan fingerprint density at radius 2 is 1.96 bits per heavy atom. The van der Waals surface area contributed by atoms with Crippen molar-refractivity contribution in [1.82, 2.24) is 19.7 Å². The summed E-state index contributed by atoms with van der Waals surface area (Å²) in [5, 5.41) is 15.9. The molecule has 3 heterocycles. The maximum Gasteiger partial charge on any atom is 0.233 e. The highest BCUT2D eigenvalue weighted by Crippen LogP contribution is 2.24. The topological polar surface area (TPSA) is 71.2 Å². The summed E-state index contributed by atoms with van der Waals surface area (Å²) < 4.78 is 1.89. The van der Waals surface area contributed by atoms with Gasteiger partial charge in [-0.25, -0.2) is 4.98 Å². The molecule has 1 aliphatic heterocycles. The molecule has 6 nitrogen and oxygen atoms in total. The molecule has 0 spiro atoms. The number of fused-ring (bicyclic) bond motifs is 1. The molecule has 1 N–H and O–H groups in total. The lowest BCUT2D eigenvalue weighted by Crippen LogP contribution is -2.39. The third-order valence-electron chi connectivity index (χ3n) is 4.55. The number of amides is 1. The van der Waals surface area contributed by atoms with Crippen LogP contribution in [0.1, 0.15) is 23.1 Å². The normalized spacial score (nSPS) is 14.6. The number of aliphatic hydroxyl groups excluding tert-OH is 1. The quantitative estimate of drug-likeness (QED) is 0.689. The number of pyridine rings is 1. The number of carbonyl (C=O) groups excluding carboxylic acids is 1. The van der Waals surface area contributed by atoms with Gasteiger partial charge in [-0.3, -0.25) is 9.48 Å². The van der Waals surface area contributed by atoms with Gasteiger partial charge in [-0.05, 0) is 23.8 Å². The summed E-state index contributed by atoms with van der Waals surface area (Å²) >= 11 is 1.45. The fourth-order valence-corrected chi connectivity index (χ4v) is 3.86. The van der Waals surface area contributed by atoms with Gasteiger partial charge in [-0.15, -0.1) is 0 Å². The average molecular weight is 380 g/mol. The second-order valence-electron chi connectivity index (χ2n) is 6.37. The zero-order chi connectivity index (χ0) is 18.6. The molecule has 0 fully saturated rings. The van der Waals surface area contributed by atoms with Crippen LogP contribution < -0.4 is 0 Å². The third-order valence-corrected chi connectivity index (χ3v) is 5.47. The van der Waals surface area contributed by atoms with E-state index in [9.17, 15) is 9.90 Å². The van der Waals surface area contributed by atoms with E-state index in [4.69, 9.17) is 0 Å². The van der Waals surface area contributed by atoms with Crippen molar-refractivity contribution in [2.45, 2.75) is 24.2 Å². The molecule has 7 heteroatoms. The SMILES string of the molecule is O=C(CSc1ccccn1)N1CCn2nc(C(O)c3ccccc3)cc2C1. The number of benzene rings is 1. The van der Waals surface area contributed by atoms with Gasteiger partial charge in [0.05, 0.1) is 35.3 Å². The van der Waals surface area contributed by atoms with Crippen molar-refractivity contribution in [2.24, 2.45) is 0 Å². The molecule has 0 bridgehead atoms. The van der Waals surface area contributed by atoms with Gasteiger partial charge in [-0.1, -0.05) is 48.2 Å². The van der Waals surface area contributed by atoms with E-state index in [2.05, 4.69) is 10.1 Å². The van der Waals surface area contributed by atoms with E-state index >= 15 is 0 Å². The van der Waals surface area contributed by atoms with Gasteiger partial charge in [0.25, 0.3) is 0 Å². The summed E-state index contributed by atoms with van der Waals surface area (Å²) in [7, 11) is 0. The van der Waals surface area contributed by atoms with E-state index in [0.717, 1.165) is 16.3 Å². The molecule has 0 saturated heterocycles. The third kappa shape index (κ3) is 4.04. The van der Waals surface area contributed by atoms with Crippen LogP contribution in [0.15, 0.2) is 65.8 Å². The van der Waals surface area contributed by atoms with Crippen molar-refractivity contribution < 1.29 is 9.90 Å². The van der Waals surface area contributed by atoms with E-state index in [1.807, 2.05) is 64.2 Å². The smallest absolute Gasteiger partial charge is 0.233 e. The van der Waals surface area contributed by atoms with Crippen molar-refractivity contribution in [3.8, 4) is 0 Å². The van der Waals surface area contributed by atoms with Crippen molar-refractivity contribution in [3.05, 3.63) is 77.7 Å². The number of hydrogen-bond acceptors (Lipinski definition) is 5. The lowest BCUT2D eigenvalue weighted by molar-refractivity contribution is -0.129. The zero-order valence-electron chi connectivity index (χ0n) is 14.7. The van der Waals surface area contributed by atoms with E-state index < -0.39 is 6.10 Å². The first-order chi connectivity index (χ1) is 13.2. The fraction of sp³-hybridized carbons (Fsp3) is 0.250. The molecule has 138 valence electrons. The van der Waals surface area contributed by atoms with Crippen LogP contribution >= 0.6 is 11.8 Å². The molecular formula is C20H20N4O2S. The molecular weight excluding hydrogens is 360 g/mol. The van der Waals surface area contributed by atoms with Crippen LogP contribution in [-0.2, 0) is 17.9 Å². The van der Waals surface area contributed by atoms with Gasteiger partial charge in [0.2, 0.25) is 5.91 Å². The number of rotatable bonds is 5. The minimum Gasteiger partial charge on any atom is -0.382 e. The fourth-order valence-electron chi connectivity index (χ4n) is 3.10. The molecule has 1 aliphatic rings. The minimum atomic E-state index is -0.756. The Morgan fingerprint density at radius 3 is 2.74 bits per heavy atom. The van der Waals surface area contributed by atoms with Gasteiger partial charge in [0.1, 0.15) is 6.10 Å². The molecule has 1 aromatic carbocycles. The molecule has 0 aliphatic carbocycles. The predicted octanol–water partition coefficient (Wildman–Crippen LogP) is 2.49. The van der Waals surface area contributed by atoms with Gasteiger partial charge in [0.15, 0.2) is 0 Å². The number of aromatic nitrogens is 3. The van der Waals surface area contributed by atoms with E-state index in [1.54, 1.807) is 6.20 Å². The first kappa shape index (κ1) is 17.8. The summed E-state index contributed by atoms with van der Waals surface area (Å²) in [6.45, 7) is 1.77. The molecule has 27 heavy (non-hydrogen) atoms. The van der Waals surface area contributed by atoms with Crippen molar-refractivity contribution in [1.29, 1.82) is 0 Å². The van der Waals surface area contributed by atoms with E-state index in [-0.39, 0.29) is 5.91 Å². The number of thioether (sulfide) groups is 1. The molecule has 1 atom stereocenters. The van der Waals surface area contributed by atoms with Crippen LogP contribution in [0.2, 0.25) is 0 Å². The summed E-state index contributed by atoms with van der Waals surface area (Å²) in [6, 6.07) is 17.0. The lowest BCUT2D eigenvalue weighted by atomic mass is 10.1. The second kappa shape index (κ2) is 7.94. The van der Waals surface area contributed by atoms with Crippen LogP contribution in [0.3, 0.4) is 0 Å². The summed E-state index contributed by atoms with van der Waals surface area (Å²) in [5.74, 6) is 0.452. The number of carbonyl (C=O) groups is 1. The largest absolute Gasteiger partial charge is 0.382 e. The van der Waals surface area contributed by atoms with Crippen LogP contribution in [-0.4, -0.2) is 43.0 Å². The molecule has 3 aromatic rings. The monoisotopic (exact) mass is 380 g/mol. The van der Waals surface area contributed by atoms with Gasteiger partial charge in [0, 0.05) is 12.7 Å². The van der Waals surface area contributed by atoms with Gasteiger partial charge >= 0.3 is 0 Å². The predicted molar refractivity (Wildman–Crippen MR) is 103 cm³/mol. The van der Waals surface area contributed by atoms with Crippen molar-refractivity contribution in [3.63, 3.8) is 0 Å². The maximum absolute atomic E-state index is 12.5. The first-order valence-corrected chi connectivity index (χ1v) is 9.80. The summed E-state index contributed by atoms with van der Waals surface area (Å²) in [5.41, 5.74) is 2.38. The first-order valence-electron chi connectivity index (χ1n) is 8.82. The Hall–Kier alpha value is -2.64. The van der Waals surface area contributed by atoms with Crippen LogP contribution in [0.4, 0.5) is 0 Å². The minimum absolute atomic E-state index is 0.0864. The highest BCUT2D eigenvalue weighted by molar-refractivity contribution is 7.99. The molecule has 2 aromatic heterocycles. The van der Waals surface area contributed by atoms with Crippen LogP contribution in [0.25, 0.3) is 0 Å². The number of hydrogen-bond donors (Lipinski definition) is 1. The summed E-state index contributed by atoms with van der Waals surface area (Å²) in [4.78, 5) is 18.6. The molecule has 0 radical (unpaired) electrons. The Labute approximate surface area is 161 Å². The Bertz CT molecular complexity index is 914. The molecule has 4 rings (SSSR count). The van der Waals surface area contributed by atoms with E-state index in [0.29, 0.717) is 31.1 Å². The van der Waals surface area contributed by atoms with Crippen LogP contribution in [0, 0.1) is 0 Å². The number of aliphatic hydroxyl groups is 1. The highest BCUT2D eigenvalue weighted by atomic mass is 32.2. The molecule has 1 amide bonds. The Kier molecular flexibility index (Phi) is 5.22. The van der Waals surface area contributed by atoms with Crippen molar-refractivity contribution >= 4 is 17.7 Å². The molecule has 1 unspecified atom stereocenters. The number of nitrogens with zero attached hydrogens (tertiary/aromatic N) is 4. The van der Waals surface area contributed by atoms with Crippen LogP contribution in [0.5, 0.6) is 0 Å². The average Bonchev–Trinajstić information content (AvgIpc) is 3.16. The lowest BCUT2D eigenvalue weighted by Gasteiger charge is -2.27. The Morgan fingerprint density at radius 1 is 1.15 bits per heavy atom. The maximum atomic E-state index is 12.5. The highest BCUT2D eigenvalue weighted by Gasteiger charge is 2.24. The summed E-state index contributed by atoms with van der Waals surface area (Å²) in [6.07, 6.45) is 0.972. The molecule has 0 saturated carbocycles. The Balaban J connectivity index is 1.41. The van der Waals surface area contributed by atoms with E-state index in [1.165, 1.54) is 11.8 Å². The zero-order valence-corrected chi connectivity index (χ0v) is 15.5. The van der Waals surface area contributed by atoms with Gasteiger partial charge in [-0.2, -0.15) is 5.10 Å². The van der Waals surface area contributed by atoms with Crippen molar-refractivity contribution in [2.75, 3.05) is 12.3 Å². The van der Waals surface area contributed by atoms with Gasteiger partial charge < -0.3 is 10.0 Å². The second-order valence-corrected chi connectivity index (χ2v) is 7.36.